The van der Waals surface area contributed by atoms with Gasteiger partial charge in [0, 0.05) is 11.6 Å². The lowest BCUT2D eigenvalue weighted by molar-refractivity contribution is 0.244. The second kappa shape index (κ2) is 8.20. The van der Waals surface area contributed by atoms with Crippen LogP contribution in [0.15, 0.2) is 48.5 Å². The molecule has 0 saturated heterocycles. The molecule has 0 fully saturated rings. The van der Waals surface area contributed by atoms with Gasteiger partial charge in [-0.25, -0.2) is 4.79 Å². The van der Waals surface area contributed by atoms with Crippen molar-refractivity contribution in [1.29, 1.82) is 0 Å². The van der Waals surface area contributed by atoms with E-state index < -0.39 is 0 Å². The number of rotatable bonds is 5. The summed E-state index contributed by atoms with van der Waals surface area (Å²) in [6.45, 7) is 0.681. The molecule has 0 spiro atoms. The summed E-state index contributed by atoms with van der Waals surface area (Å²) in [6.07, 6.45) is 0. The molecule has 0 aliphatic carbocycles. The number of nitrogens with zero attached hydrogens (tertiary/aromatic N) is 1. The zero-order valence-corrected chi connectivity index (χ0v) is 14.5. The number of nitrogens with one attached hydrogen (secondary N) is 2. The van der Waals surface area contributed by atoms with Crippen molar-refractivity contribution in [3.8, 4) is 0 Å². The van der Waals surface area contributed by atoms with Crippen LogP contribution in [-0.4, -0.2) is 31.6 Å². The molecular weight excluding hydrogens is 333 g/mol. The number of hydrogen-bond acceptors (Lipinski definition) is 2. The van der Waals surface area contributed by atoms with Crippen molar-refractivity contribution >= 4 is 34.9 Å². The number of likely N-dealkylation sites (N-methyl/N-ethyl adjacent to an activating group) is 1. The average molecular weight is 352 g/mol. The Labute approximate surface area is 146 Å². The van der Waals surface area contributed by atoms with Gasteiger partial charge in [-0.05, 0) is 37.9 Å². The molecule has 2 aromatic rings. The summed E-state index contributed by atoms with van der Waals surface area (Å²) in [5.41, 5.74) is 1.52. The van der Waals surface area contributed by atoms with E-state index in [0.717, 1.165) is 5.56 Å². The van der Waals surface area contributed by atoms with Gasteiger partial charge in [0.1, 0.15) is 0 Å². The van der Waals surface area contributed by atoms with E-state index in [-0.39, 0.29) is 12.1 Å². The number of carbonyl (C=O) groups is 1. The lowest BCUT2D eigenvalue weighted by Gasteiger charge is -2.23. The Balaban J connectivity index is 2.10. The summed E-state index contributed by atoms with van der Waals surface area (Å²) in [5.74, 6) is 0. The van der Waals surface area contributed by atoms with E-state index in [0.29, 0.717) is 22.3 Å². The zero-order chi connectivity index (χ0) is 16.8. The van der Waals surface area contributed by atoms with Crippen molar-refractivity contribution in [3.05, 3.63) is 64.1 Å². The second-order valence-electron chi connectivity index (χ2n) is 5.45. The molecule has 2 amide bonds. The molecule has 0 aromatic heterocycles. The molecule has 0 aliphatic heterocycles. The normalized spacial score (nSPS) is 12.0. The Morgan fingerprint density at radius 3 is 2.48 bits per heavy atom. The summed E-state index contributed by atoms with van der Waals surface area (Å²) >= 11 is 12.0. The van der Waals surface area contributed by atoms with Gasteiger partial charge in [-0.1, -0.05) is 53.5 Å². The van der Waals surface area contributed by atoms with Crippen molar-refractivity contribution in [2.45, 2.75) is 6.04 Å². The Hall–Kier alpha value is -1.75. The number of benzene rings is 2. The summed E-state index contributed by atoms with van der Waals surface area (Å²) in [6, 6.07) is 14.3. The van der Waals surface area contributed by atoms with Gasteiger partial charge in [0.15, 0.2) is 0 Å². The minimum absolute atomic E-state index is 0.135. The molecule has 0 aliphatic rings. The van der Waals surface area contributed by atoms with Crippen LogP contribution in [0.25, 0.3) is 0 Å². The molecule has 6 heteroatoms. The molecule has 4 nitrogen and oxygen atoms in total. The maximum absolute atomic E-state index is 12.3. The monoisotopic (exact) mass is 351 g/mol. The van der Waals surface area contributed by atoms with Crippen molar-refractivity contribution in [2.75, 3.05) is 26.0 Å². The number of urea groups is 1. The second-order valence-corrected chi connectivity index (χ2v) is 6.29. The van der Waals surface area contributed by atoms with Crippen LogP contribution >= 0.6 is 23.2 Å². The van der Waals surface area contributed by atoms with E-state index in [1.807, 2.05) is 49.3 Å². The number of hydrogen-bond donors (Lipinski definition) is 2. The van der Waals surface area contributed by atoms with Crippen LogP contribution in [0.2, 0.25) is 10.0 Å². The first-order chi connectivity index (χ1) is 11.0. The molecule has 0 unspecified atom stereocenters. The van der Waals surface area contributed by atoms with Crippen molar-refractivity contribution in [2.24, 2.45) is 0 Å². The molecule has 23 heavy (non-hydrogen) atoms. The molecule has 0 bridgehead atoms. The molecule has 2 aromatic carbocycles. The van der Waals surface area contributed by atoms with E-state index in [1.54, 1.807) is 18.2 Å². The van der Waals surface area contributed by atoms with Crippen molar-refractivity contribution in [3.63, 3.8) is 0 Å². The van der Waals surface area contributed by atoms with E-state index in [4.69, 9.17) is 23.2 Å². The van der Waals surface area contributed by atoms with Gasteiger partial charge in [0.05, 0.1) is 16.8 Å². The van der Waals surface area contributed by atoms with Gasteiger partial charge in [0.25, 0.3) is 0 Å². The topological polar surface area (TPSA) is 44.4 Å². The molecule has 1 atom stereocenters. The predicted molar refractivity (Wildman–Crippen MR) is 96.4 cm³/mol. The highest BCUT2D eigenvalue weighted by molar-refractivity contribution is 6.35. The number of amides is 2. The molecule has 0 radical (unpaired) electrons. The minimum atomic E-state index is -0.329. The molecule has 2 N–H and O–H groups in total. The van der Waals surface area contributed by atoms with Crippen LogP contribution in [-0.2, 0) is 0 Å². The van der Waals surface area contributed by atoms with Gasteiger partial charge < -0.3 is 15.5 Å². The summed E-state index contributed by atoms with van der Waals surface area (Å²) in [4.78, 5) is 14.3. The molecule has 2 rings (SSSR count). The van der Waals surface area contributed by atoms with Gasteiger partial charge in [0.2, 0.25) is 0 Å². The lowest BCUT2D eigenvalue weighted by Crippen LogP contribution is -2.37. The Bertz CT molecular complexity index is 662. The summed E-state index contributed by atoms with van der Waals surface area (Å²) in [7, 11) is 3.92. The molecule has 122 valence electrons. The number of carbonyl (C=O) groups excluding carboxylic acids is 1. The standard InChI is InChI=1S/C17H19Cl2N3O/c1-22(2)11-16(12-6-4-3-5-7-12)21-17(23)20-15-10-13(18)8-9-14(15)19/h3-10,16H,11H2,1-2H3,(H2,20,21,23)/t16-/m1/s1. The Morgan fingerprint density at radius 2 is 1.83 bits per heavy atom. The van der Waals surface area contributed by atoms with E-state index in [2.05, 4.69) is 10.6 Å². The fraction of sp³-hybridized carbons (Fsp3) is 0.235. The zero-order valence-electron chi connectivity index (χ0n) is 13.0. The van der Waals surface area contributed by atoms with E-state index >= 15 is 0 Å². The third-order valence-corrected chi connectivity index (χ3v) is 3.80. The van der Waals surface area contributed by atoms with E-state index in [1.165, 1.54) is 0 Å². The van der Waals surface area contributed by atoms with Crippen LogP contribution in [0.1, 0.15) is 11.6 Å². The fourth-order valence-electron chi connectivity index (χ4n) is 2.19. The maximum atomic E-state index is 12.3. The average Bonchev–Trinajstić information content (AvgIpc) is 2.51. The SMILES string of the molecule is CN(C)C[C@@H](NC(=O)Nc1cc(Cl)ccc1Cl)c1ccccc1. The van der Waals surface area contributed by atoms with E-state index in [9.17, 15) is 4.79 Å². The number of halogens is 2. The van der Waals surface area contributed by atoms with Gasteiger partial charge in [-0.2, -0.15) is 0 Å². The number of anilines is 1. The Kier molecular flexibility index (Phi) is 6.28. The first kappa shape index (κ1) is 17.6. The van der Waals surface area contributed by atoms with Crippen LogP contribution in [0.4, 0.5) is 10.5 Å². The van der Waals surface area contributed by atoms with Crippen LogP contribution < -0.4 is 10.6 Å². The maximum Gasteiger partial charge on any atom is 0.319 e. The van der Waals surface area contributed by atoms with Crippen LogP contribution in [0.5, 0.6) is 0 Å². The van der Waals surface area contributed by atoms with Gasteiger partial charge in [-0.3, -0.25) is 0 Å². The van der Waals surface area contributed by atoms with Gasteiger partial charge >= 0.3 is 6.03 Å². The third-order valence-electron chi connectivity index (χ3n) is 3.23. The first-order valence-corrected chi connectivity index (χ1v) is 7.93. The fourth-order valence-corrected chi connectivity index (χ4v) is 2.53. The van der Waals surface area contributed by atoms with Gasteiger partial charge in [-0.15, -0.1) is 0 Å². The Morgan fingerprint density at radius 1 is 1.13 bits per heavy atom. The molecule has 0 saturated carbocycles. The first-order valence-electron chi connectivity index (χ1n) is 7.18. The molecular formula is C17H19Cl2N3O. The highest BCUT2D eigenvalue weighted by atomic mass is 35.5. The van der Waals surface area contributed by atoms with Crippen LogP contribution in [0, 0.1) is 0 Å². The van der Waals surface area contributed by atoms with Crippen molar-refractivity contribution in [1.82, 2.24) is 10.2 Å². The summed E-state index contributed by atoms with van der Waals surface area (Å²) in [5, 5.41) is 6.66. The smallest absolute Gasteiger partial charge is 0.319 e. The van der Waals surface area contributed by atoms with Crippen molar-refractivity contribution < 1.29 is 4.79 Å². The largest absolute Gasteiger partial charge is 0.330 e. The molecule has 0 heterocycles. The summed E-state index contributed by atoms with van der Waals surface area (Å²) < 4.78 is 0. The predicted octanol–water partition coefficient (Wildman–Crippen LogP) is 4.42. The highest BCUT2D eigenvalue weighted by Gasteiger charge is 2.16. The highest BCUT2D eigenvalue weighted by Crippen LogP contribution is 2.25. The lowest BCUT2D eigenvalue weighted by atomic mass is 10.1. The third kappa shape index (κ3) is 5.43. The minimum Gasteiger partial charge on any atom is -0.330 e. The van der Waals surface area contributed by atoms with Crippen LogP contribution in [0.3, 0.4) is 0 Å². The quantitative estimate of drug-likeness (QED) is 0.837.